The fraction of sp³-hybridized carbons (Fsp3) is 0.231. The zero-order valence-electron chi connectivity index (χ0n) is 17.5. The van der Waals surface area contributed by atoms with Crippen molar-refractivity contribution in [2.45, 2.75) is 38.3 Å². The van der Waals surface area contributed by atoms with Crippen molar-refractivity contribution in [3.63, 3.8) is 0 Å². The van der Waals surface area contributed by atoms with Gasteiger partial charge in [0.1, 0.15) is 0 Å². The highest BCUT2D eigenvalue weighted by atomic mass is 35.5. The number of aliphatic hydroxyl groups is 1. The number of hydrogen-bond acceptors (Lipinski definition) is 3. The first-order valence-electron chi connectivity index (χ1n) is 10.3. The van der Waals surface area contributed by atoms with Crippen LogP contribution in [-0.2, 0) is 16.9 Å². The van der Waals surface area contributed by atoms with Crippen LogP contribution in [0, 0.1) is 0 Å². The van der Waals surface area contributed by atoms with Crippen LogP contribution in [0.25, 0.3) is 0 Å². The second-order valence-electron chi connectivity index (χ2n) is 8.24. The first-order chi connectivity index (χ1) is 14.8. The second kappa shape index (κ2) is 8.29. The monoisotopic (exact) mass is 433 g/mol. The van der Waals surface area contributed by atoms with Gasteiger partial charge in [0.15, 0.2) is 11.4 Å². The number of anilines is 1. The number of carbonyl (C=O) groups is 2. The minimum Gasteiger partial charge on any atom is -0.375 e. The summed E-state index contributed by atoms with van der Waals surface area (Å²) in [7, 11) is 0. The van der Waals surface area contributed by atoms with E-state index in [1.165, 1.54) is 4.90 Å². The highest BCUT2D eigenvalue weighted by molar-refractivity contribution is 6.31. The molecule has 0 saturated carbocycles. The predicted octanol–water partition coefficient (Wildman–Crippen LogP) is 5.47. The molecule has 0 radical (unpaired) electrons. The lowest BCUT2D eigenvalue weighted by atomic mass is 9.87. The number of para-hydroxylation sites is 1. The highest BCUT2D eigenvalue weighted by Gasteiger charge is 2.50. The summed E-state index contributed by atoms with van der Waals surface area (Å²) in [6.07, 6.45) is -0.317. The van der Waals surface area contributed by atoms with Crippen molar-refractivity contribution >= 4 is 29.0 Å². The topological polar surface area (TPSA) is 57.6 Å². The molecule has 0 aliphatic carbocycles. The van der Waals surface area contributed by atoms with Crippen LogP contribution in [-0.4, -0.2) is 16.8 Å². The number of benzene rings is 3. The molecule has 1 amide bonds. The molecule has 4 rings (SSSR count). The van der Waals surface area contributed by atoms with E-state index in [4.69, 9.17) is 11.6 Å². The van der Waals surface area contributed by atoms with Crippen molar-refractivity contribution in [3.8, 4) is 0 Å². The molecule has 5 heteroatoms. The summed E-state index contributed by atoms with van der Waals surface area (Å²) < 4.78 is 0. The Bertz CT molecular complexity index is 1140. The summed E-state index contributed by atoms with van der Waals surface area (Å²) in [4.78, 5) is 27.9. The molecule has 3 aromatic rings. The third-order valence-electron chi connectivity index (χ3n) is 5.84. The van der Waals surface area contributed by atoms with Gasteiger partial charge in [0.2, 0.25) is 0 Å². The van der Waals surface area contributed by atoms with Gasteiger partial charge in [-0.25, -0.2) is 0 Å². The molecule has 0 spiro atoms. The first kappa shape index (κ1) is 21.3. The zero-order valence-corrected chi connectivity index (χ0v) is 18.3. The molecular formula is C26H24ClNO3. The lowest BCUT2D eigenvalue weighted by molar-refractivity contribution is -0.136. The molecule has 31 heavy (non-hydrogen) atoms. The van der Waals surface area contributed by atoms with Crippen molar-refractivity contribution in [2.75, 3.05) is 4.90 Å². The van der Waals surface area contributed by atoms with Gasteiger partial charge in [0.05, 0.1) is 18.7 Å². The molecular weight excluding hydrogens is 410 g/mol. The van der Waals surface area contributed by atoms with Crippen molar-refractivity contribution in [3.05, 3.63) is 100 Å². The standard InChI is InChI=1S/C26H24ClNO3/c1-17(2)18-11-13-19(14-12-18)24(29)15-26(31)21-8-4-6-10-23(21)28(25(26)30)16-20-7-3-5-9-22(20)27/h3-14,17,31H,15-16H2,1-2H3. The number of Topliss-reactive ketones (excluding diaryl/α,β-unsaturated/α-hetero) is 1. The zero-order chi connectivity index (χ0) is 22.2. The molecule has 1 aliphatic heterocycles. The van der Waals surface area contributed by atoms with Crippen molar-refractivity contribution in [1.82, 2.24) is 0 Å². The Labute approximate surface area is 187 Å². The molecule has 0 fully saturated rings. The van der Waals surface area contributed by atoms with Crippen LogP contribution < -0.4 is 4.90 Å². The van der Waals surface area contributed by atoms with Gasteiger partial charge in [-0.1, -0.05) is 86.1 Å². The van der Waals surface area contributed by atoms with E-state index in [1.807, 2.05) is 36.4 Å². The van der Waals surface area contributed by atoms with Crippen molar-refractivity contribution < 1.29 is 14.7 Å². The van der Waals surface area contributed by atoms with Crippen molar-refractivity contribution in [2.24, 2.45) is 0 Å². The molecule has 0 saturated heterocycles. The summed E-state index contributed by atoms with van der Waals surface area (Å²) in [6, 6.07) is 21.7. The number of hydrogen-bond donors (Lipinski definition) is 1. The lowest BCUT2D eigenvalue weighted by Crippen LogP contribution is -2.41. The number of nitrogens with zero attached hydrogens (tertiary/aromatic N) is 1. The van der Waals surface area contributed by atoms with E-state index in [0.29, 0.717) is 27.8 Å². The number of rotatable bonds is 6. The Morgan fingerprint density at radius 3 is 2.32 bits per heavy atom. The second-order valence-corrected chi connectivity index (χ2v) is 8.64. The predicted molar refractivity (Wildman–Crippen MR) is 122 cm³/mol. The summed E-state index contributed by atoms with van der Waals surface area (Å²) in [5.74, 6) is -0.434. The maximum absolute atomic E-state index is 13.4. The Hall–Kier alpha value is -2.95. The molecule has 3 aromatic carbocycles. The van der Waals surface area contributed by atoms with E-state index < -0.39 is 11.5 Å². The number of amides is 1. The van der Waals surface area contributed by atoms with Gasteiger partial charge in [0.25, 0.3) is 5.91 Å². The normalized spacial score (nSPS) is 17.8. The molecule has 0 aromatic heterocycles. The summed E-state index contributed by atoms with van der Waals surface area (Å²) in [5, 5.41) is 12.0. The van der Waals surface area contributed by atoms with Gasteiger partial charge in [0, 0.05) is 16.1 Å². The van der Waals surface area contributed by atoms with Gasteiger partial charge in [-0.05, 0) is 29.2 Å². The molecule has 1 aliphatic rings. The fourth-order valence-electron chi connectivity index (χ4n) is 4.02. The van der Waals surface area contributed by atoms with Gasteiger partial charge < -0.3 is 10.0 Å². The summed E-state index contributed by atoms with van der Waals surface area (Å²) in [5.41, 5.74) is 1.51. The minimum atomic E-state index is -1.91. The van der Waals surface area contributed by atoms with Crippen LogP contribution in [0.4, 0.5) is 5.69 Å². The van der Waals surface area contributed by atoms with Gasteiger partial charge in [-0.2, -0.15) is 0 Å². The molecule has 1 unspecified atom stereocenters. The van der Waals surface area contributed by atoms with E-state index in [9.17, 15) is 14.7 Å². The quantitative estimate of drug-likeness (QED) is 0.524. The van der Waals surface area contributed by atoms with Gasteiger partial charge >= 0.3 is 0 Å². The lowest BCUT2D eigenvalue weighted by Gasteiger charge is -2.23. The average molecular weight is 434 g/mol. The van der Waals surface area contributed by atoms with Crippen LogP contribution in [0.15, 0.2) is 72.8 Å². The highest BCUT2D eigenvalue weighted by Crippen LogP contribution is 2.43. The third kappa shape index (κ3) is 3.89. The Morgan fingerprint density at radius 1 is 1.00 bits per heavy atom. The maximum atomic E-state index is 13.4. The molecule has 158 valence electrons. The van der Waals surface area contributed by atoms with E-state index >= 15 is 0 Å². The van der Waals surface area contributed by atoms with Crippen molar-refractivity contribution in [1.29, 1.82) is 0 Å². The van der Waals surface area contributed by atoms with Crippen LogP contribution >= 0.6 is 11.6 Å². The molecule has 1 atom stereocenters. The number of fused-ring (bicyclic) bond motifs is 1. The summed E-state index contributed by atoms with van der Waals surface area (Å²) >= 11 is 6.29. The molecule has 1 heterocycles. The summed E-state index contributed by atoms with van der Waals surface area (Å²) in [6.45, 7) is 4.39. The van der Waals surface area contributed by atoms with Crippen LogP contribution in [0.5, 0.6) is 0 Å². The SMILES string of the molecule is CC(C)c1ccc(C(=O)CC2(O)C(=O)N(Cc3ccccc3Cl)c3ccccc32)cc1. The smallest absolute Gasteiger partial charge is 0.264 e. The van der Waals surface area contributed by atoms with E-state index in [0.717, 1.165) is 11.1 Å². The molecule has 1 N–H and O–H groups in total. The molecule has 4 nitrogen and oxygen atoms in total. The number of carbonyl (C=O) groups excluding carboxylic acids is 2. The van der Waals surface area contributed by atoms with Crippen LogP contribution in [0.1, 0.15) is 53.2 Å². The molecule has 0 bridgehead atoms. The van der Waals surface area contributed by atoms with Crippen LogP contribution in [0.3, 0.4) is 0 Å². The third-order valence-corrected chi connectivity index (χ3v) is 6.21. The fourth-order valence-corrected chi connectivity index (χ4v) is 4.22. The van der Waals surface area contributed by atoms with E-state index in [2.05, 4.69) is 13.8 Å². The Balaban J connectivity index is 1.65. The van der Waals surface area contributed by atoms with E-state index in [-0.39, 0.29) is 18.7 Å². The van der Waals surface area contributed by atoms with Crippen LogP contribution in [0.2, 0.25) is 5.02 Å². The number of ketones is 1. The van der Waals surface area contributed by atoms with Gasteiger partial charge in [-0.15, -0.1) is 0 Å². The Kier molecular flexibility index (Phi) is 5.69. The van der Waals surface area contributed by atoms with E-state index in [1.54, 1.807) is 36.4 Å². The first-order valence-corrected chi connectivity index (χ1v) is 10.7. The van der Waals surface area contributed by atoms with Gasteiger partial charge in [-0.3, -0.25) is 9.59 Å². The average Bonchev–Trinajstić information content (AvgIpc) is 2.97. The number of halogens is 1. The maximum Gasteiger partial charge on any atom is 0.264 e. The minimum absolute atomic E-state index is 0.217. The largest absolute Gasteiger partial charge is 0.375 e. The Morgan fingerprint density at radius 2 is 1.65 bits per heavy atom.